The molecule has 5 heteroatoms. The van der Waals surface area contributed by atoms with E-state index in [1.54, 1.807) is 18.3 Å². The first-order valence-corrected chi connectivity index (χ1v) is 5.86. The van der Waals surface area contributed by atoms with Gasteiger partial charge in [0, 0.05) is 12.7 Å². The van der Waals surface area contributed by atoms with Gasteiger partial charge in [-0.3, -0.25) is 4.79 Å². The summed E-state index contributed by atoms with van der Waals surface area (Å²) in [7, 11) is 0. The SMILES string of the molecule is NC(=O)c1cccnc1N1CCCCC1CO. The Balaban J connectivity index is 2.34. The Bertz CT molecular complexity index is 408. The van der Waals surface area contributed by atoms with Gasteiger partial charge in [-0.1, -0.05) is 0 Å². The van der Waals surface area contributed by atoms with Gasteiger partial charge in [0.15, 0.2) is 0 Å². The van der Waals surface area contributed by atoms with Crippen LogP contribution in [-0.2, 0) is 0 Å². The fourth-order valence-corrected chi connectivity index (χ4v) is 2.29. The van der Waals surface area contributed by atoms with Gasteiger partial charge in [0.1, 0.15) is 5.82 Å². The van der Waals surface area contributed by atoms with Gasteiger partial charge in [-0.05, 0) is 31.4 Å². The number of aliphatic hydroxyl groups excluding tert-OH is 1. The molecule has 3 N–H and O–H groups in total. The van der Waals surface area contributed by atoms with Crippen LogP contribution in [0.4, 0.5) is 5.82 Å². The van der Waals surface area contributed by atoms with E-state index in [1.165, 1.54) is 0 Å². The number of rotatable bonds is 3. The van der Waals surface area contributed by atoms with Crippen LogP contribution < -0.4 is 10.6 Å². The van der Waals surface area contributed by atoms with Crippen molar-refractivity contribution in [3.8, 4) is 0 Å². The molecule has 0 aromatic carbocycles. The van der Waals surface area contributed by atoms with Crippen molar-refractivity contribution < 1.29 is 9.90 Å². The first-order valence-electron chi connectivity index (χ1n) is 5.86. The lowest BCUT2D eigenvalue weighted by atomic mass is 10.0. The van der Waals surface area contributed by atoms with Crippen LogP contribution in [-0.4, -0.2) is 35.2 Å². The molecule has 1 aromatic rings. The van der Waals surface area contributed by atoms with E-state index in [1.807, 2.05) is 4.90 Å². The number of nitrogens with zero attached hydrogens (tertiary/aromatic N) is 2. The Hall–Kier alpha value is -1.62. The van der Waals surface area contributed by atoms with Crippen molar-refractivity contribution >= 4 is 11.7 Å². The van der Waals surface area contributed by atoms with Crippen LogP contribution in [0, 0.1) is 0 Å². The van der Waals surface area contributed by atoms with E-state index in [4.69, 9.17) is 5.73 Å². The number of amides is 1. The maximum absolute atomic E-state index is 11.4. The number of hydrogen-bond donors (Lipinski definition) is 2. The Morgan fingerprint density at radius 2 is 2.41 bits per heavy atom. The molecular weight excluding hydrogens is 218 g/mol. The zero-order chi connectivity index (χ0) is 12.3. The molecule has 0 spiro atoms. The highest BCUT2D eigenvalue weighted by molar-refractivity contribution is 5.97. The summed E-state index contributed by atoms with van der Waals surface area (Å²) in [5, 5.41) is 9.37. The molecule has 1 aromatic heterocycles. The third kappa shape index (κ3) is 2.39. The molecule has 1 fully saturated rings. The Labute approximate surface area is 100 Å². The first kappa shape index (κ1) is 11.9. The van der Waals surface area contributed by atoms with Gasteiger partial charge in [0.25, 0.3) is 5.91 Å². The highest BCUT2D eigenvalue weighted by Crippen LogP contribution is 2.25. The quantitative estimate of drug-likeness (QED) is 0.801. The summed E-state index contributed by atoms with van der Waals surface area (Å²) in [6.45, 7) is 0.886. The summed E-state index contributed by atoms with van der Waals surface area (Å²) in [6, 6.07) is 3.41. The van der Waals surface area contributed by atoms with Gasteiger partial charge in [-0.2, -0.15) is 0 Å². The molecule has 92 valence electrons. The molecule has 0 saturated carbocycles. The van der Waals surface area contributed by atoms with Crippen LogP contribution >= 0.6 is 0 Å². The lowest BCUT2D eigenvalue weighted by Crippen LogP contribution is -2.43. The first-order chi connectivity index (χ1) is 8.24. The second-order valence-electron chi connectivity index (χ2n) is 4.26. The molecule has 1 aliphatic rings. The van der Waals surface area contributed by atoms with Crippen molar-refractivity contribution in [2.45, 2.75) is 25.3 Å². The molecule has 0 bridgehead atoms. The molecule has 5 nitrogen and oxygen atoms in total. The third-order valence-electron chi connectivity index (χ3n) is 3.16. The molecule has 1 amide bonds. The summed E-state index contributed by atoms with van der Waals surface area (Å²) in [5.41, 5.74) is 5.76. The second-order valence-corrected chi connectivity index (χ2v) is 4.26. The van der Waals surface area contributed by atoms with Gasteiger partial charge in [-0.25, -0.2) is 4.98 Å². The molecule has 1 aliphatic heterocycles. The topological polar surface area (TPSA) is 79.5 Å². The van der Waals surface area contributed by atoms with Gasteiger partial charge >= 0.3 is 0 Å². The molecule has 2 heterocycles. The number of piperidine rings is 1. The molecular formula is C12H17N3O2. The number of carbonyl (C=O) groups is 1. The Morgan fingerprint density at radius 1 is 1.59 bits per heavy atom. The Kier molecular flexibility index (Phi) is 3.58. The van der Waals surface area contributed by atoms with E-state index in [-0.39, 0.29) is 12.6 Å². The smallest absolute Gasteiger partial charge is 0.252 e. The Morgan fingerprint density at radius 3 is 3.12 bits per heavy atom. The van der Waals surface area contributed by atoms with Crippen LogP contribution in [0.15, 0.2) is 18.3 Å². The number of hydrogen-bond acceptors (Lipinski definition) is 4. The van der Waals surface area contributed by atoms with E-state index in [2.05, 4.69) is 4.98 Å². The number of carbonyl (C=O) groups excluding carboxylic acids is 1. The number of pyridine rings is 1. The average molecular weight is 235 g/mol. The maximum Gasteiger partial charge on any atom is 0.252 e. The van der Waals surface area contributed by atoms with Gasteiger partial charge < -0.3 is 15.7 Å². The summed E-state index contributed by atoms with van der Waals surface area (Å²) >= 11 is 0. The highest BCUT2D eigenvalue weighted by atomic mass is 16.3. The van der Waals surface area contributed by atoms with Gasteiger partial charge in [-0.15, -0.1) is 0 Å². The number of primary amides is 1. The standard InChI is InChI=1S/C12H17N3O2/c13-11(17)10-5-3-6-14-12(10)15-7-2-1-4-9(15)8-16/h3,5-6,9,16H,1-2,4,7-8H2,(H2,13,17). The fourth-order valence-electron chi connectivity index (χ4n) is 2.29. The average Bonchev–Trinajstić information content (AvgIpc) is 2.38. The van der Waals surface area contributed by atoms with Crippen molar-refractivity contribution in [3.05, 3.63) is 23.9 Å². The van der Waals surface area contributed by atoms with Crippen molar-refractivity contribution in [1.29, 1.82) is 0 Å². The third-order valence-corrected chi connectivity index (χ3v) is 3.16. The van der Waals surface area contributed by atoms with E-state index in [0.717, 1.165) is 25.8 Å². The minimum absolute atomic E-state index is 0.0387. The normalized spacial score (nSPS) is 20.3. The number of nitrogens with two attached hydrogens (primary N) is 1. The second kappa shape index (κ2) is 5.14. The van der Waals surface area contributed by atoms with Crippen LogP contribution in [0.25, 0.3) is 0 Å². The van der Waals surface area contributed by atoms with Crippen molar-refractivity contribution in [3.63, 3.8) is 0 Å². The van der Waals surface area contributed by atoms with Gasteiger partial charge in [0.05, 0.1) is 18.2 Å². The zero-order valence-corrected chi connectivity index (χ0v) is 9.67. The number of aromatic nitrogens is 1. The van der Waals surface area contributed by atoms with Crippen molar-refractivity contribution in [2.24, 2.45) is 5.73 Å². The summed E-state index contributed by atoms with van der Waals surface area (Å²) in [6.07, 6.45) is 4.71. The lowest BCUT2D eigenvalue weighted by Gasteiger charge is -2.36. The number of aliphatic hydroxyl groups is 1. The number of anilines is 1. The highest BCUT2D eigenvalue weighted by Gasteiger charge is 2.25. The minimum atomic E-state index is -0.477. The minimum Gasteiger partial charge on any atom is -0.394 e. The molecule has 2 rings (SSSR count). The van der Waals surface area contributed by atoms with E-state index < -0.39 is 5.91 Å². The van der Waals surface area contributed by atoms with Gasteiger partial charge in [0.2, 0.25) is 0 Å². The molecule has 1 atom stereocenters. The van der Waals surface area contributed by atoms with Crippen molar-refractivity contribution in [2.75, 3.05) is 18.1 Å². The van der Waals surface area contributed by atoms with Crippen molar-refractivity contribution in [1.82, 2.24) is 4.98 Å². The van der Waals surface area contributed by atoms with E-state index in [0.29, 0.717) is 11.4 Å². The molecule has 1 saturated heterocycles. The summed E-state index contributed by atoms with van der Waals surface area (Å²) in [4.78, 5) is 17.6. The van der Waals surface area contributed by atoms with Crippen LogP contribution in [0.3, 0.4) is 0 Å². The predicted molar refractivity (Wildman–Crippen MR) is 64.8 cm³/mol. The lowest BCUT2D eigenvalue weighted by molar-refractivity contribution is 0.1000. The van der Waals surface area contributed by atoms with Crippen LogP contribution in [0.1, 0.15) is 29.6 Å². The molecule has 17 heavy (non-hydrogen) atoms. The van der Waals surface area contributed by atoms with Crippen LogP contribution in [0.5, 0.6) is 0 Å². The van der Waals surface area contributed by atoms with E-state index in [9.17, 15) is 9.90 Å². The fraction of sp³-hybridized carbons (Fsp3) is 0.500. The maximum atomic E-state index is 11.4. The largest absolute Gasteiger partial charge is 0.394 e. The van der Waals surface area contributed by atoms with Crippen LogP contribution in [0.2, 0.25) is 0 Å². The zero-order valence-electron chi connectivity index (χ0n) is 9.67. The molecule has 0 aliphatic carbocycles. The summed E-state index contributed by atoms with van der Waals surface area (Å²) in [5.74, 6) is 0.120. The molecule has 0 radical (unpaired) electrons. The summed E-state index contributed by atoms with van der Waals surface area (Å²) < 4.78 is 0. The monoisotopic (exact) mass is 235 g/mol. The predicted octanol–water partition coefficient (Wildman–Crippen LogP) is 0.532. The van der Waals surface area contributed by atoms with E-state index >= 15 is 0 Å². The molecule has 1 unspecified atom stereocenters.